The van der Waals surface area contributed by atoms with Crippen LogP contribution in [0.25, 0.3) is 0 Å². The Hall–Kier alpha value is -3.10. The molecule has 2 heterocycles. The number of hydrogen-bond acceptors (Lipinski definition) is 7. The summed E-state index contributed by atoms with van der Waals surface area (Å²) in [5, 5.41) is 2.74. The first-order valence-electron chi connectivity index (χ1n) is 11.2. The predicted octanol–water partition coefficient (Wildman–Crippen LogP) is 2.36. The van der Waals surface area contributed by atoms with Crippen LogP contribution in [-0.2, 0) is 25.7 Å². The number of nitrogens with zero attached hydrogens (tertiary/aromatic N) is 3. The average Bonchev–Trinajstić information content (AvgIpc) is 3.13. The molecule has 0 unspecified atom stereocenters. The molecule has 1 N–H and O–H groups in total. The highest BCUT2D eigenvalue weighted by Crippen LogP contribution is 2.30. The second kappa shape index (κ2) is 11.5. The molecule has 0 aromatic heterocycles. The van der Waals surface area contributed by atoms with Crippen LogP contribution in [0.5, 0.6) is 5.75 Å². The molecule has 2 aliphatic heterocycles. The minimum Gasteiger partial charge on any atom is -0.494 e. The first kappa shape index (κ1) is 23.6. The van der Waals surface area contributed by atoms with Gasteiger partial charge < -0.3 is 19.3 Å². The molecule has 0 bridgehead atoms. The molecule has 3 rings (SSSR count). The van der Waals surface area contributed by atoms with Gasteiger partial charge in [0, 0.05) is 25.6 Å². The Labute approximate surface area is 188 Å². The molecule has 1 aromatic rings. The molecule has 0 radical (unpaired) electrons. The van der Waals surface area contributed by atoms with E-state index in [1.54, 1.807) is 7.05 Å². The third kappa shape index (κ3) is 6.70. The summed E-state index contributed by atoms with van der Waals surface area (Å²) in [6.45, 7) is 3.80. The maximum Gasteiger partial charge on any atom is 0.325 e. The van der Waals surface area contributed by atoms with Gasteiger partial charge in [-0.25, -0.2) is 4.99 Å². The Morgan fingerprint density at radius 2 is 2.00 bits per heavy atom. The lowest BCUT2D eigenvalue weighted by Gasteiger charge is -2.23. The number of aliphatic imine (C=N–C) groups is 1. The quantitative estimate of drug-likeness (QED) is 0.392. The van der Waals surface area contributed by atoms with E-state index in [9.17, 15) is 14.4 Å². The van der Waals surface area contributed by atoms with E-state index in [4.69, 9.17) is 9.47 Å². The van der Waals surface area contributed by atoms with Gasteiger partial charge in [0.05, 0.1) is 18.9 Å². The summed E-state index contributed by atoms with van der Waals surface area (Å²) in [5.41, 5.74) is 1.81. The fraction of sp³-hybridized carbons (Fsp3) is 0.565. The van der Waals surface area contributed by atoms with Gasteiger partial charge in [-0.1, -0.05) is 26.2 Å². The summed E-state index contributed by atoms with van der Waals surface area (Å²) in [5.74, 6) is 0.758. The molecule has 1 saturated heterocycles. The standard InChI is InChI=1S/C23H32N4O5/c1-3-4-5-6-11-32-22(30)16-26(2)21(29)8-7-12-31-18-9-10-19-17(13-18)14-27-15-20(28)25-23(27)24-19/h9-10,13H,3-8,11-12,14-16H2,1-2H3,(H,24,25,28). The predicted molar refractivity (Wildman–Crippen MR) is 120 cm³/mol. The maximum atomic E-state index is 12.2. The van der Waals surface area contributed by atoms with Crippen LogP contribution in [0, 0.1) is 0 Å². The number of hydrogen-bond donors (Lipinski definition) is 1. The van der Waals surface area contributed by atoms with E-state index >= 15 is 0 Å². The molecule has 1 fully saturated rings. The number of guanidine groups is 1. The summed E-state index contributed by atoms with van der Waals surface area (Å²) in [7, 11) is 1.61. The minimum absolute atomic E-state index is 0.0331. The zero-order valence-electron chi connectivity index (χ0n) is 18.9. The van der Waals surface area contributed by atoms with E-state index in [-0.39, 0.29) is 24.3 Å². The molecule has 9 heteroatoms. The van der Waals surface area contributed by atoms with Crippen LogP contribution < -0.4 is 10.1 Å². The first-order chi connectivity index (χ1) is 15.5. The number of fused-ring (bicyclic) bond motifs is 2. The number of unbranched alkanes of at least 4 members (excludes halogenated alkanes) is 3. The smallest absolute Gasteiger partial charge is 0.325 e. The van der Waals surface area contributed by atoms with Gasteiger partial charge in [-0.2, -0.15) is 0 Å². The molecular weight excluding hydrogens is 412 g/mol. The number of likely N-dealkylation sites (N-methyl/N-ethyl adjacent to an activating group) is 1. The molecule has 9 nitrogen and oxygen atoms in total. The number of nitrogens with one attached hydrogen (secondary N) is 1. The Kier molecular flexibility index (Phi) is 8.47. The molecule has 174 valence electrons. The number of esters is 1. The van der Waals surface area contributed by atoms with E-state index in [2.05, 4.69) is 17.2 Å². The fourth-order valence-electron chi connectivity index (χ4n) is 3.57. The van der Waals surface area contributed by atoms with Crippen molar-refractivity contribution in [2.24, 2.45) is 4.99 Å². The normalized spacial score (nSPS) is 14.2. The van der Waals surface area contributed by atoms with Crippen molar-refractivity contribution in [3.8, 4) is 5.75 Å². The van der Waals surface area contributed by atoms with Crippen molar-refractivity contribution in [3.63, 3.8) is 0 Å². The van der Waals surface area contributed by atoms with Crippen LogP contribution in [0.1, 0.15) is 51.0 Å². The zero-order chi connectivity index (χ0) is 22.9. The summed E-state index contributed by atoms with van der Waals surface area (Å²) in [6, 6.07) is 5.62. The van der Waals surface area contributed by atoms with Gasteiger partial charge in [-0.05, 0) is 31.0 Å². The molecule has 0 atom stereocenters. The van der Waals surface area contributed by atoms with Gasteiger partial charge in [0.25, 0.3) is 0 Å². The third-order valence-electron chi connectivity index (χ3n) is 5.38. The van der Waals surface area contributed by atoms with E-state index < -0.39 is 0 Å². The number of rotatable bonds is 12. The monoisotopic (exact) mass is 444 g/mol. The van der Waals surface area contributed by atoms with Gasteiger partial charge in [-0.3, -0.25) is 19.7 Å². The number of amides is 2. The van der Waals surface area contributed by atoms with Crippen LogP contribution in [0.4, 0.5) is 5.69 Å². The highest BCUT2D eigenvalue weighted by atomic mass is 16.5. The maximum absolute atomic E-state index is 12.2. The van der Waals surface area contributed by atoms with Crippen molar-refractivity contribution in [1.29, 1.82) is 0 Å². The molecule has 2 aliphatic rings. The highest BCUT2D eigenvalue weighted by molar-refractivity contribution is 6.05. The summed E-state index contributed by atoms with van der Waals surface area (Å²) in [6.07, 6.45) is 5.01. The van der Waals surface area contributed by atoms with Crippen LogP contribution >= 0.6 is 0 Å². The van der Waals surface area contributed by atoms with Crippen LogP contribution in [0.3, 0.4) is 0 Å². The van der Waals surface area contributed by atoms with Crippen molar-refractivity contribution in [2.75, 3.05) is 33.4 Å². The molecule has 0 spiro atoms. The molecular formula is C23H32N4O5. The van der Waals surface area contributed by atoms with Gasteiger partial charge in [-0.15, -0.1) is 0 Å². The summed E-state index contributed by atoms with van der Waals surface area (Å²) >= 11 is 0. The molecule has 0 saturated carbocycles. The van der Waals surface area contributed by atoms with Crippen molar-refractivity contribution >= 4 is 29.4 Å². The van der Waals surface area contributed by atoms with Crippen molar-refractivity contribution in [3.05, 3.63) is 23.8 Å². The Balaban J connectivity index is 1.34. The van der Waals surface area contributed by atoms with Crippen molar-refractivity contribution in [1.82, 2.24) is 15.1 Å². The lowest BCUT2D eigenvalue weighted by Crippen LogP contribution is -2.33. The van der Waals surface area contributed by atoms with Crippen LogP contribution in [-0.4, -0.2) is 66.9 Å². The summed E-state index contributed by atoms with van der Waals surface area (Å²) in [4.78, 5) is 43.3. The minimum atomic E-state index is -0.372. The number of carbonyl (C=O) groups is 3. The number of benzene rings is 1. The molecule has 1 aromatic carbocycles. The van der Waals surface area contributed by atoms with E-state index in [0.29, 0.717) is 50.9 Å². The Bertz CT molecular complexity index is 870. The van der Waals surface area contributed by atoms with E-state index in [1.165, 1.54) is 4.90 Å². The zero-order valence-corrected chi connectivity index (χ0v) is 18.9. The second-order valence-electron chi connectivity index (χ2n) is 8.11. The van der Waals surface area contributed by atoms with E-state index in [0.717, 1.165) is 36.9 Å². The van der Waals surface area contributed by atoms with Crippen molar-refractivity contribution < 1.29 is 23.9 Å². The third-order valence-corrected chi connectivity index (χ3v) is 5.38. The van der Waals surface area contributed by atoms with Crippen LogP contribution in [0.2, 0.25) is 0 Å². The van der Waals surface area contributed by atoms with Crippen LogP contribution in [0.15, 0.2) is 23.2 Å². The number of carbonyl (C=O) groups excluding carboxylic acids is 3. The molecule has 2 amide bonds. The SMILES string of the molecule is CCCCCCOC(=O)CN(C)C(=O)CCCOc1ccc2c(c1)CN1CC(=O)NC1=N2. The number of ether oxygens (including phenoxy) is 2. The van der Waals surface area contributed by atoms with Crippen molar-refractivity contribution in [2.45, 2.75) is 52.0 Å². The van der Waals surface area contributed by atoms with Gasteiger partial charge in [0.15, 0.2) is 0 Å². The first-order valence-corrected chi connectivity index (χ1v) is 11.2. The Morgan fingerprint density at radius 1 is 1.16 bits per heavy atom. The lowest BCUT2D eigenvalue weighted by atomic mass is 10.1. The highest BCUT2D eigenvalue weighted by Gasteiger charge is 2.29. The van der Waals surface area contributed by atoms with Gasteiger partial charge in [0.2, 0.25) is 17.8 Å². The summed E-state index contributed by atoms with van der Waals surface area (Å²) < 4.78 is 11.0. The van der Waals surface area contributed by atoms with Gasteiger partial charge in [0.1, 0.15) is 18.8 Å². The molecule has 32 heavy (non-hydrogen) atoms. The second-order valence-corrected chi connectivity index (χ2v) is 8.11. The fourth-order valence-corrected chi connectivity index (χ4v) is 3.57. The molecule has 0 aliphatic carbocycles. The lowest BCUT2D eigenvalue weighted by molar-refractivity contribution is -0.148. The van der Waals surface area contributed by atoms with Gasteiger partial charge >= 0.3 is 5.97 Å². The van der Waals surface area contributed by atoms with E-state index in [1.807, 2.05) is 23.1 Å². The average molecular weight is 445 g/mol. The Morgan fingerprint density at radius 3 is 2.81 bits per heavy atom. The topological polar surface area (TPSA) is 101 Å². The largest absolute Gasteiger partial charge is 0.494 e.